The lowest BCUT2D eigenvalue weighted by molar-refractivity contribution is -0.137. The van der Waals surface area contributed by atoms with Gasteiger partial charge in [-0.1, -0.05) is 0 Å². The van der Waals surface area contributed by atoms with Gasteiger partial charge in [0.2, 0.25) is 10.0 Å². The van der Waals surface area contributed by atoms with Crippen molar-refractivity contribution in [3.63, 3.8) is 0 Å². The largest absolute Gasteiger partial charge is 0.416 e. The number of hydrogen-bond donors (Lipinski definition) is 2. The van der Waals surface area contributed by atoms with Crippen molar-refractivity contribution in [2.45, 2.75) is 30.5 Å². The summed E-state index contributed by atoms with van der Waals surface area (Å²) in [7, 11) is -4.45. The van der Waals surface area contributed by atoms with Crippen molar-refractivity contribution >= 4 is 22.4 Å². The number of rotatable bonds is 4. The van der Waals surface area contributed by atoms with Crippen LogP contribution >= 0.6 is 12.4 Å². The molecule has 0 heterocycles. The Morgan fingerprint density at radius 2 is 1.76 bits per heavy atom. The Kier molecular flexibility index (Phi) is 6.19. The van der Waals surface area contributed by atoms with Crippen molar-refractivity contribution in [3.05, 3.63) is 29.6 Å². The molecule has 0 aliphatic carbocycles. The number of benzene rings is 1. The van der Waals surface area contributed by atoms with Gasteiger partial charge in [0.25, 0.3) is 0 Å². The Bertz CT molecular complexity index is 603. The van der Waals surface area contributed by atoms with Crippen LogP contribution in [0.25, 0.3) is 0 Å². The zero-order valence-corrected chi connectivity index (χ0v) is 12.8. The molecular weight excluding hydrogens is 336 g/mol. The van der Waals surface area contributed by atoms with Gasteiger partial charge in [0.05, 0.1) is 5.56 Å². The van der Waals surface area contributed by atoms with Gasteiger partial charge in [-0.3, -0.25) is 0 Å². The highest BCUT2D eigenvalue weighted by atomic mass is 35.5. The second-order valence-electron chi connectivity index (χ2n) is 4.84. The molecule has 21 heavy (non-hydrogen) atoms. The lowest BCUT2D eigenvalue weighted by atomic mass is 10.1. The number of alkyl halides is 3. The summed E-state index contributed by atoms with van der Waals surface area (Å²) in [4.78, 5) is -1.06. The van der Waals surface area contributed by atoms with Gasteiger partial charge in [0, 0.05) is 12.1 Å². The standard InChI is InChI=1S/C11H14F4N2O2S.ClH/c1-10(2,6-16)17-20(18,19)9-5-7(11(13,14)15)3-4-8(9)12;/h3-5,17H,6,16H2,1-2H3;1H. The van der Waals surface area contributed by atoms with Crippen LogP contribution < -0.4 is 10.5 Å². The number of sulfonamides is 1. The molecule has 0 amide bonds. The van der Waals surface area contributed by atoms with Crippen LogP contribution in [0.5, 0.6) is 0 Å². The van der Waals surface area contributed by atoms with E-state index in [0.717, 1.165) is 0 Å². The maximum absolute atomic E-state index is 13.5. The fourth-order valence-electron chi connectivity index (χ4n) is 1.35. The Balaban J connectivity index is 0.00000400. The topological polar surface area (TPSA) is 72.2 Å². The molecule has 3 N–H and O–H groups in total. The second-order valence-corrected chi connectivity index (χ2v) is 6.49. The highest BCUT2D eigenvalue weighted by molar-refractivity contribution is 7.89. The molecule has 0 saturated carbocycles. The van der Waals surface area contributed by atoms with Gasteiger partial charge in [-0.05, 0) is 32.0 Å². The third kappa shape index (κ3) is 5.10. The number of hydrogen-bond acceptors (Lipinski definition) is 3. The normalized spacial score (nSPS) is 12.9. The smallest absolute Gasteiger partial charge is 0.329 e. The minimum Gasteiger partial charge on any atom is -0.329 e. The average molecular weight is 351 g/mol. The Labute approximate surface area is 126 Å². The van der Waals surface area contributed by atoms with E-state index < -0.39 is 38.0 Å². The summed E-state index contributed by atoms with van der Waals surface area (Å²) in [6, 6.07) is 1.19. The molecule has 0 unspecified atom stereocenters. The van der Waals surface area contributed by atoms with Crippen molar-refractivity contribution in [2.75, 3.05) is 6.54 Å². The van der Waals surface area contributed by atoms with Crippen LogP contribution in [0.2, 0.25) is 0 Å². The van der Waals surface area contributed by atoms with E-state index in [0.29, 0.717) is 12.1 Å². The van der Waals surface area contributed by atoms with Crippen LogP contribution in [0.15, 0.2) is 23.1 Å². The Morgan fingerprint density at radius 3 is 2.19 bits per heavy atom. The van der Waals surface area contributed by atoms with Gasteiger partial charge < -0.3 is 5.73 Å². The van der Waals surface area contributed by atoms with Gasteiger partial charge in [0.15, 0.2) is 0 Å². The molecule has 1 aromatic rings. The van der Waals surface area contributed by atoms with E-state index in [4.69, 9.17) is 5.73 Å². The quantitative estimate of drug-likeness (QED) is 0.818. The van der Waals surface area contributed by atoms with E-state index in [1.807, 2.05) is 0 Å². The molecule has 0 radical (unpaired) electrons. The zero-order valence-electron chi connectivity index (χ0n) is 11.2. The average Bonchev–Trinajstić information content (AvgIpc) is 2.26. The molecule has 0 aliphatic heterocycles. The Hall–Kier alpha value is -0.900. The lowest BCUT2D eigenvalue weighted by Crippen LogP contribution is -2.48. The van der Waals surface area contributed by atoms with Crippen LogP contribution in [0.1, 0.15) is 19.4 Å². The molecular formula is C11H15ClF4N2O2S. The lowest BCUT2D eigenvalue weighted by Gasteiger charge is -2.24. The van der Waals surface area contributed by atoms with Crippen LogP contribution in [-0.2, 0) is 16.2 Å². The molecule has 4 nitrogen and oxygen atoms in total. The molecule has 0 aliphatic rings. The number of halogens is 5. The summed E-state index contributed by atoms with van der Waals surface area (Å²) in [5.74, 6) is -1.27. The molecule has 0 fully saturated rings. The number of nitrogens with two attached hydrogens (primary N) is 1. The summed E-state index contributed by atoms with van der Waals surface area (Å²) >= 11 is 0. The second kappa shape index (κ2) is 6.47. The first-order chi connectivity index (χ1) is 8.89. The van der Waals surface area contributed by atoms with E-state index in [2.05, 4.69) is 4.72 Å². The first-order valence-corrected chi connectivity index (χ1v) is 6.98. The van der Waals surface area contributed by atoms with Gasteiger partial charge >= 0.3 is 6.18 Å². The van der Waals surface area contributed by atoms with Gasteiger partial charge in [-0.2, -0.15) is 13.2 Å². The molecule has 0 saturated heterocycles. The van der Waals surface area contributed by atoms with E-state index in [-0.39, 0.29) is 25.0 Å². The Morgan fingerprint density at radius 1 is 1.24 bits per heavy atom. The summed E-state index contributed by atoms with van der Waals surface area (Å²) in [6.45, 7) is 2.75. The molecule has 10 heteroatoms. The van der Waals surface area contributed by atoms with Crippen molar-refractivity contribution < 1.29 is 26.0 Å². The first-order valence-electron chi connectivity index (χ1n) is 5.50. The van der Waals surface area contributed by atoms with Crippen LogP contribution in [0.4, 0.5) is 17.6 Å². The van der Waals surface area contributed by atoms with E-state index in [9.17, 15) is 26.0 Å². The predicted octanol–water partition coefficient (Wildman–Crippen LogP) is 2.28. The molecule has 0 atom stereocenters. The van der Waals surface area contributed by atoms with Crippen LogP contribution in [-0.4, -0.2) is 20.5 Å². The van der Waals surface area contributed by atoms with Gasteiger partial charge in [-0.25, -0.2) is 17.5 Å². The maximum Gasteiger partial charge on any atom is 0.416 e. The highest BCUT2D eigenvalue weighted by Gasteiger charge is 2.34. The summed E-state index contributed by atoms with van der Waals surface area (Å²) in [5, 5.41) is 0. The molecule has 0 bridgehead atoms. The van der Waals surface area contributed by atoms with Crippen molar-refractivity contribution in [2.24, 2.45) is 5.73 Å². The summed E-state index contributed by atoms with van der Waals surface area (Å²) < 4.78 is 77.0. The minimum atomic E-state index is -4.76. The van der Waals surface area contributed by atoms with Gasteiger partial charge in [-0.15, -0.1) is 12.4 Å². The molecule has 122 valence electrons. The predicted molar refractivity (Wildman–Crippen MR) is 72.1 cm³/mol. The van der Waals surface area contributed by atoms with E-state index in [1.165, 1.54) is 13.8 Å². The summed E-state index contributed by atoms with van der Waals surface area (Å²) in [6.07, 6.45) is -4.76. The zero-order chi connectivity index (χ0) is 15.8. The first kappa shape index (κ1) is 20.1. The SMILES string of the molecule is CC(C)(CN)NS(=O)(=O)c1cc(C(F)(F)F)ccc1F.Cl. The molecule has 1 rings (SSSR count). The van der Waals surface area contributed by atoms with E-state index >= 15 is 0 Å². The molecule has 0 spiro atoms. The monoisotopic (exact) mass is 350 g/mol. The van der Waals surface area contributed by atoms with Crippen LogP contribution in [0.3, 0.4) is 0 Å². The molecule has 0 aromatic heterocycles. The minimum absolute atomic E-state index is 0. The third-order valence-electron chi connectivity index (χ3n) is 2.47. The number of nitrogens with one attached hydrogen (secondary N) is 1. The van der Waals surface area contributed by atoms with E-state index in [1.54, 1.807) is 0 Å². The maximum atomic E-state index is 13.5. The summed E-state index contributed by atoms with van der Waals surface area (Å²) in [5.41, 5.74) is 2.97. The fraction of sp³-hybridized carbons (Fsp3) is 0.455. The molecule has 1 aromatic carbocycles. The highest BCUT2D eigenvalue weighted by Crippen LogP contribution is 2.31. The van der Waals surface area contributed by atoms with Gasteiger partial charge in [0.1, 0.15) is 10.7 Å². The van der Waals surface area contributed by atoms with Crippen LogP contribution in [0, 0.1) is 5.82 Å². The van der Waals surface area contributed by atoms with Crippen molar-refractivity contribution in [1.29, 1.82) is 0 Å². The fourth-order valence-corrected chi connectivity index (χ4v) is 2.87. The van der Waals surface area contributed by atoms with Crippen molar-refractivity contribution in [3.8, 4) is 0 Å². The van der Waals surface area contributed by atoms with Crippen molar-refractivity contribution in [1.82, 2.24) is 4.72 Å². The third-order valence-corrected chi connectivity index (χ3v) is 4.18.